The van der Waals surface area contributed by atoms with E-state index in [0.29, 0.717) is 22.2 Å². The number of carbonyl (C=O) groups excluding carboxylic acids is 2. The first kappa shape index (κ1) is 19.9. The third-order valence-electron chi connectivity index (χ3n) is 3.81. The summed E-state index contributed by atoms with van der Waals surface area (Å²) >= 11 is 12.0. The van der Waals surface area contributed by atoms with Crippen molar-refractivity contribution in [2.45, 2.75) is 13.8 Å². The summed E-state index contributed by atoms with van der Waals surface area (Å²) in [6.45, 7) is 2.75. The topological polar surface area (TPSA) is 94.3 Å². The molecule has 3 rings (SSSR count). The van der Waals surface area contributed by atoms with Crippen LogP contribution in [0.15, 0.2) is 40.9 Å². The van der Waals surface area contributed by atoms with Crippen molar-refractivity contribution in [3.8, 4) is 11.5 Å². The van der Waals surface area contributed by atoms with Gasteiger partial charge in [0.25, 0.3) is 5.91 Å². The fraction of sp³-hybridized carbons (Fsp3) is 0.158. The summed E-state index contributed by atoms with van der Waals surface area (Å²) < 4.78 is 10.5. The number of aromatic nitrogens is 2. The normalized spacial score (nSPS) is 10.6. The second kappa shape index (κ2) is 8.41. The number of esters is 1. The van der Waals surface area contributed by atoms with E-state index in [0.717, 1.165) is 5.56 Å². The Morgan fingerprint density at radius 2 is 1.89 bits per heavy atom. The molecule has 0 radical (unpaired) electrons. The van der Waals surface area contributed by atoms with E-state index in [1.54, 1.807) is 26.0 Å². The zero-order valence-electron chi connectivity index (χ0n) is 15.0. The third kappa shape index (κ3) is 4.32. The Hall–Kier alpha value is -2.90. The van der Waals surface area contributed by atoms with Gasteiger partial charge in [-0.15, -0.1) is 0 Å². The highest BCUT2D eigenvalue weighted by atomic mass is 35.5. The van der Waals surface area contributed by atoms with Gasteiger partial charge in [0.15, 0.2) is 18.1 Å². The van der Waals surface area contributed by atoms with Crippen LogP contribution < -0.4 is 5.32 Å². The summed E-state index contributed by atoms with van der Waals surface area (Å²) in [5.74, 6) is -0.656. The Bertz CT molecular complexity index is 1040. The van der Waals surface area contributed by atoms with Crippen molar-refractivity contribution in [1.82, 2.24) is 9.97 Å². The maximum atomic E-state index is 12.2. The van der Waals surface area contributed by atoms with Gasteiger partial charge in [0.1, 0.15) is 5.76 Å². The molecule has 0 fully saturated rings. The molecule has 0 bridgehead atoms. The Morgan fingerprint density at radius 3 is 2.61 bits per heavy atom. The van der Waals surface area contributed by atoms with Crippen molar-refractivity contribution in [2.75, 3.05) is 11.9 Å². The fourth-order valence-electron chi connectivity index (χ4n) is 2.30. The summed E-state index contributed by atoms with van der Waals surface area (Å²) in [4.78, 5) is 32.4. The predicted octanol–water partition coefficient (Wildman–Crippen LogP) is 4.46. The molecule has 7 nitrogen and oxygen atoms in total. The molecule has 28 heavy (non-hydrogen) atoms. The van der Waals surface area contributed by atoms with Crippen LogP contribution in [0.1, 0.15) is 21.8 Å². The minimum absolute atomic E-state index is 0.00477. The summed E-state index contributed by atoms with van der Waals surface area (Å²) in [5.41, 5.74) is 1.31. The lowest BCUT2D eigenvalue weighted by atomic mass is 10.2. The standard InChI is InChI=1S/C19H15Cl2N3O4/c1-10-13(20)8-22-17(15(10)21)23-14(25)9-27-19(26)16-11(2)28-18(24-16)12-6-4-3-5-7-12/h3-8H,9H2,1-2H3,(H,22,23,25). The largest absolute Gasteiger partial charge is 0.451 e. The van der Waals surface area contributed by atoms with Gasteiger partial charge < -0.3 is 14.5 Å². The van der Waals surface area contributed by atoms with Crippen LogP contribution in [0, 0.1) is 13.8 Å². The van der Waals surface area contributed by atoms with Gasteiger partial charge in [-0.3, -0.25) is 4.79 Å². The lowest BCUT2D eigenvalue weighted by Crippen LogP contribution is -2.22. The van der Waals surface area contributed by atoms with E-state index in [2.05, 4.69) is 15.3 Å². The van der Waals surface area contributed by atoms with Crippen molar-refractivity contribution in [3.05, 3.63) is 63.6 Å². The number of aryl methyl sites for hydroxylation is 1. The number of hydrogen-bond donors (Lipinski definition) is 1. The molecule has 144 valence electrons. The van der Waals surface area contributed by atoms with Crippen LogP contribution in [-0.4, -0.2) is 28.5 Å². The lowest BCUT2D eigenvalue weighted by molar-refractivity contribution is -0.119. The van der Waals surface area contributed by atoms with E-state index in [1.807, 2.05) is 18.2 Å². The minimum atomic E-state index is -0.773. The SMILES string of the molecule is Cc1oc(-c2ccccc2)nc1C(=O)OCC(=O)Nc1ncc(Cl)c(C)c1Cl. The number of halogens is 2. The molecule has 1 aromatic carbocycles. The van der Waals surface area contributed by atoms with Crippen molar-refractivity contribution >= 4 is 40.9 Å². The number of carbonyl (C=O) groups is 2. The molecule has 2 aromatic heterocycles. The van der Waals surface area contributed by atoms with Crippen LogP contribution >= 0.6 is 23.2 Å². The van der Waals surface area contributed by atoms with Crippen molar-refractivity contribution < 1.29 is 18.7 Å². The average Bonchev–Trinajstić information content (AvgIpc) is 3.09. The number of nitrogens with one attached hydrogen (secondary N) is 1. The predicted molar refractivity (Wildman–Crippen MR) is 105 cm³/mol. The number of anilines is 1. The van der Waals surface area contributed by atoms with E-state index in [4.69, 9.17) is 32.4 Å². The fourth-order valence-corrected chi connectivity index (χ4v) is 2.69. The van der Waals surface area contributed by atoms with Crippen LogP contribution in [0.5, 0.6) is 0 Å². The Labute approximate surface area is 170 Å². The van der Waals surface area contributed by atoms with Gasteiger partial charge in [-0.2, -0.15) is 0 Å². The molecule has 0 atom stereocenters. The van der Waals surface area contributed by atoms with E-state index < -0.39 is 18.5 Å². The zero-order valence-corrected chi connectivity index (χ0v) is 16.5. The van der Waals surface area contributed by atoms with E-state index >= 15 is 0 Å². The van der Waals surface area contributed by atoms with E-state index in [9.17, 15) is 9.59 Å². The number of benzene rings is 1. The van der Waals surface area contributed by atoms with Crippen LogP contribution in [0.25, 0.3) is 11.5 Å². The molecule has 0 spiro atoms. The summed E-state index contributed by atoms with van der Waals surface area (Å²) in [5, 5.41) is 3.06. The molecule has 0 aliphatic carbocycles. The molecule has 9 heteroatoms. The lowest BCUT2D eigenvalue weighted by Gasteiger charge is -2.09. The molecule has 2 heterocycles. The number of oxazole rings is 1. The van der Waals surface area contributed by atoms with Gasteiger partial charge in [0.2, 0.25) is 5.89 Å². The molecule has 0 saturated heterocycles. The Balaban J connectivity index is 1.64. The molecule has 1 amide bonds. The molecule has 1 N–H and O–H groups in total. The third-order valence-corrected chi connectivity index (χ3v) is 4.65. The molecule has 0 unspecified atom stereocenters. The molecular formula is C19H15Cl2N3O4. The second-order valence-corrected chi connectivity index (χ2v) is 6.59. The maximum absolute atomic E-state index is 12.2. The highest BCUT2D eigenvalue weighted by Gasteiger charge is 2.21. The summed E-state index contributed by atoms with van der Waals surface area (Å²) in [6.07, 6.45) is 1.37. The number of hydrogen-bond acceptors (Lipinski definition) is 6. The molecular weight excluding hydrogens is 405 g/mol. The number of rotatable bonds is 5. The van der Waals surface area contributed by atoms with Crippen molar-refractivity contribution in [2.24, 2.45) is 0 Å². The number of pyridine rings is 1. The van der Waals surface area contributed by atoms with Gasteiger partial charge in [-0.05, 0) is 31.5 Å². The highest BCUT2D eigenvalue weighted by Crippen LogP contribution is 2.28. The summed E-state index contributed by atoms with van der Waals surface area (Å²) in [6, 6.07) is 9.12. The van der Waals surface area contributed by atoms with Gasteiger partial charge in [0, 0.05) is 11.8 Å². The smallest absolute Gasteiger partial charge is 0.361 e. The van der Waals surface area contributed by atoms with Crippen molar-refractivity contribution in [1.29, 1.82) is 0 Å². The highest BCUT2D eigenvalue weighted by molar-refractivity contribution is 6.37. The summed E-state index contributed by atoms with van der Waals surface area (Å²) in [7, 11) is 0. The van der Waals surface area contributed by atoms with E-state index in [1.165, 1.54) is 6.20 Å². The van der Waals surface area contributed by atoms with Crippen LogP contribution in [0.2, 0.25) is 10.0 Å². The number of ether oxygens (including phenoxy) is 1. The average molecular weight is 420 g/mol. The Kier molecular flexibility index (Phi) is 5.96. The molecule has 0 aliphatic rings. The second-order valence-electron chi connectivity index (χ2n) is 5.81. The van der Waals surface area contributed by atoms with Gasteiger partial charge in [0.05, 0.1) is 10.0 Å². The quantitative estimate of drug-likeness (QED) is 0.613. The van der Waals surface area contributed by atoms with Crippen LogP contribution in [0.4, 0.5) is 5.82 Å². The number of amides is 1. The first-order valence-electron chi connectivity index (χ1n) is 8.17. The van der Waals surface area contributed by atoms with Crippen molar-refractivity contribution in [3.63, 3.8) is 0 Å². The van der Waals surface area contributed by atoms with Gasteiger partial charge in [-0.1, -0.05) is 41.4 Å². The zero-order chi connectivity index (χ0) is 20.3. The molecule has 0 saturated carbocycles. The first-order chi connectivity index (χ1) is 13.4. The van der Waals surface area contributed by atoms with E-state index in [-0.39, 0.29) is 16.5 Å². The Morgan fingerprint density at radius 1 is 1.18 bits per heavy atom. The monoisotopic (exact) mass is 419 g/mol. The van der Waals surface area contributed by atoms with Gasteiger partial charge in [-0.25, -0.2) is 14.8 Å². The van der Waals surface area contributed by atoms with Gasteiger partial charge >= 0.3 is 5.97 Å². The molecule has 0 aliphatic heterocycles. The van der Waals surface area contributed by atoms with Crippen LogP contribution in [0.3, 0.4) is 0 Å². The molecule has 3 aromatic rings. The number of nitrogens with zero attached hydrogens (tertiary/aromatic N) is 2. The van der Waals surface area contributed by atoms with Crippen LogP contribution in [-0.2, 0) is 9.53 Å². The minimum Gasteiger partial charge on any atom is -0.451 e. The maximum Gasteiger partial charge on any atom is 0.361 e. The first-order valence-corrected chi connectivity index (χ1v) is 8.93.